The van der Waals surface area contributed by atoms with Gasteiger partial charge in [0.2, 0.25) is 5.91 Å². The number of rotatable bonds is 13. The standard InChI is InChI=1S/C29H34N2O3/c1-22(31-34)19-27(29(33)30-28(21-32)20-24-9-4-2-5-10-24)14-8-11-23-15-17-26(18-16-23)25-12-6-3-7-13-25/h2-7,9-10,12-13,15-18,27-28,31-32,34H,1,8,11,14,19-21H2,(H,30,33). The van der Waals surface area contributed by atoms with Crippen LogP contribution in [0.2, 0.25) is 0 Å². The smallest absolute Gasteiger partial charge is 0.223 e. The molecule has 0 aromatic heterocycles. The van der Waals surface area contributed by atoms with Gasteiger partial charge in [0.15, 0.2) is 0 Å². The van der Waals surface area contributed by atoms with E-state index in [0.717, 1.165) is 18.4 Å². The Morgan fingerprint density at radius 3 is 2.09 bits per heavy atom. The third-order valence-corrected chi connectivity index (χ3v) is 5.99. The summed E-state index contributed by atoms with van der Waals surface area (Å²) in [6.07, 6.45) is 3.22. The molecule has 0 aliphatic carbocycles. The zero-order chi connectivity index (χ0) is 24.2. The van der Waals surface area contributed by atoms with Gasteiger partial charge in [0.05, 0.1) is 12.6 Å². The largest absolute Gasteiger partial charge is 0.394 e. The van der Waals surface area contributed by atoms with Crippen molar-refractivity contribution in [3.05, 3.63) is 108 Å². The first-order valence-electron chi connectivity index (χ1n) is 11.8. The first-order valence-corrected chi connectivity index (χ1v) is 11.8. The molecule has 4 N–H and O–H groups in total. The molecule has 0 aliphatic heterocycles. The fraction of sp³-hybridized carbons (Fsp3) is 0.276. The summed E-state index contributed by atoms with van der Waals surface area (Å²) in [5.41, 5.74) is 7.11. The average molecular weight is 459 g/mol. The van der Waals surface area contributed by atoms with Crippen molar-refractivity contribution in [2.45, 2.75) is 38.1 Å². The lowest BCUT2D eigenvalue weighted by Crippen LogP contribution is -2.42. The number of aliphatic hydroxyl groups is 1. The number of hydrogen-bond acceptors (Lipinski definition) is 4. The van der Waals surface area contributed by atoms with Gasteiger partial charge in [-0.25, -0.2) is 0 Å². The van der Waals surface area contributed by atoms with E-state index in [1.54, 1.807) is 0 Å². The Balaban J connectivity index is 1.56. The van der Waals surface area contributed by atoms with Crippen molar-refractivity contribution in [2.75, 3.05) is 6.61 Å². The van der Waals surface area contributed by atoms with E-state index < -0.39 is 0 Å². The van der Waals surface area contributed by atoms with Crippen LogP contribution in [-0.2, 0) is 17.6 Å². The van der Waals surface area contributed by atoms with Crippen LogP contribution < -0.4 is 10.8 Å². The van der Waals surface area contributed by atoms with Crippen molar-refractivity contribution >= 4 is 5.91 Å². The average Bonchev–Trinajstić information content (AvgIpc) is 2.89. The first-order chi connectivity index (χ1) is 16.6. The fourth-order valence-electron chi connectivity index (χ4n) is 4.09. The van der Waals surface area contributed by atoms with Crippen LogP contribution in [-0.4, -0.2) is 28.9 Å². The lowest BCUT2D eigenvalue weighted by molar-refractivity contribution is -0.126. The molecule has 0 radical (unpaired) electrons. The molecule has 0 aliphatic rings. The summed E-state index contributed by atoms with van der Waals surface area (Å²) in [5, 5.41) is 22.0. The molecule has 3 rings (SSSR count). The van der Waals surface area contributed by atoms with Gasteiger partial charge >= 0.3 is 0 Å². The molecule has 0 saturated carbocycles. The summed E-state index contributed by atoms with van der Waals surface area (Å²) >= 11 is 0. The highest BCUT2D eigenvalue weighted by Crippen LogP contribution is 2.22. The van der Waals surface area contributed by atoms with Crippen molar-refractivity contribution in [1.82, 2.24) is 10.8 Å². The predicted octanol–water partition coefficient (Wildman–Crippen LogP) is 4.89. The summed E-state index contributed by atoms with van der Waals surface area (Å²) in [7, 11) is 0. The highest BCUT2D eigenvalue weighted by molar-refractivity contribution is 5.79. The van der Waals surface area contributed by atoms with Gasteiger partial charge in [0.1, 0.15) is 0 Å². The second-order valence-electron chi connectivity index (χ2n) is 8.65. The van der Waals surface area contributed by atoms with Crippen molar-refractivity contribution in [3.8, 4) is 11.1 Å². The number of aryl methyl sites for hydroxylation is 1. The van der Waals surface area contributed by atoms with Gasteiger partial charge < -0.3 is 10.4 Å². The third kappa shape index (κ3) is 7.87. The maximum absolute atomic E-state index is 13.0. The first kappa shape index (κ1) is 25.2. The monoisotopic (exact) mass is 458 g/mol. The van der Waals surface area contributed by atoms with E-state index >= 15 is 0 Å². The predicted molar refractivity (Wildman–Crippen MR) is 136 cm³/mol. The quantitative estimate of drug-likeness (QED) is 0.275. The highest BCUT2D eigenvalue weighted by Gasteiger charge is 2.22. The summed E-state index contributed by atoms with van der Waals surface area (Å²) in [6.45, 7) is 3.64. The van der Waals surface area contributed by atoms with Crippen LogP contribution in [0.3, 0.4) is 0 Å². The van der Waals surface area contributed by atoms with Crippen LogP contribution >= 0.6 is 0 Å². The molecule has 1 amide bonds. The van der Waals surface area contributed by atoms with Crippen LogP contribution in [0.1, 0.15) is 30.4 Å². The molecule has 3 aromatic rings. The minimum Gasteiger partial charge on any atom is -0.394 e. The lowest BCUT2D eigenvalue weighted by Gasteiger charge is -2.22. The molecule has 0 saturated heterocycles. The SMILES string of the molecule is C=C(CC(CCCc1ccc(-c2ccccc2)cc1)C(=O)NC(CO)Cc1ccccc1)NO. The summed E-state index contributed by atoms with van der Waals surface area (Å²) < 4.78 is 0. The van der Waals surface area contributed by atoms with Crippen molar-refractivity contribution in [3.63, 3.8) is 0 Å². The molecular weight excluding hydrogens is 424 g/mol. The Labute approximate surface area is 202 Å². The van der Waals surface area contributed by atoms with Gasteiger partial charge in [-0.15, -0.1) is 0 Å². The third-order valence-electron chi connectivity index (χ3n) is 5.99. The lowest BCUT2D eigenvalue weighted by atomic mass is 9.93. The summed E-state index contributed by atoms with van der Waals surface area (Å²) in [5.74, 6) is -0.480. The van der Waals surface area contributed by atoms with Gasteiger partial charge in [-0.3, -0.25) is 15.5 Å². The highest BCUT2D eigenvalue weighted by atomic mass is 16.5. The Morgan fingerprint density at radius 1 is 0.853 bits per heavy atom. The molecule has 0 heterocycles. The molecule has 2 unspecified atom stereocenters. The van der Waals surface area contributed by atoms with Gasteiger partial charge in [-0.1, -0.05) is 91.5 Å². The molecule has 5 nitrogen and oxygen atoms in total. The van der Waals surface area contributed by atoms with E-state index in [0.29, 0.717) is 25.0 Å². The van der Waals surface area contributed by atoms with Gasteiger partial charge in [-0.05, 0) is 47.9 Å². The van der Waals surface area contributed by atoms with Crippen molar-refractivity contribution in [2.24, 2.45) is 5.92 Å². The molecule has 5 heteroatoms. The number of allylic oxidation sites excluding steroid dienone is 1. The minimum atomic E-state index is -0.363. The molecule has 0 spiro atoms. The Bertz CT molecular complexity index is 1020. The van der Waals surface area contributed by atoms with E-state index in [1.807, 2.05) is 48.5 Å². The molecule has 34 heavy (non-hydrogen) atoms. The minimum absolute atomic E-state index is 0.134. The zero-order valence-electron chi connectivity index (χ0n) is 19.5. The van der Waals surface area contributed by atoms with Crippen molar-refractivity contribution in [1.29, 1.82) is 0 Å². The number of aliphatic hydroxyl groups excluding tert-OH is 1. The molecule has 3 aromatic carbocycles. The summed E-state index contributed by atoms with van der Waals surface area (Å²) in [4.78, 5) is 13.0. The second-order valence-corrected chi connectivity index (χ2v) is 8.65. The van der Waals surface area contributed by atoms with E-state index in [-0.39, 0.29) is 24.5 Å². The van der Waals surface area contributed by atoms with Gasteiger partial charge in [0.25, 0.3) is 0 Å². The fourth-order valence-corrected chi connectivity index (χ4v) is 4.09. The number of amides is 1. The number of carbonyl (C=O) groups is 1. The number of carbonyl (C=O) groups excluding carboxylic acids is 1. The maximum atomic E-state index is 13.0. The van der Waals surface area contributed by atoms with Gasteiger partial charge in [0, 0.05) is 18.0 Å². The maximum Gasteiger partial charge on any atom is 0.223 e. The zero-order valence-corrected chi connectivity index (χ0v) is 19.5. The molecular formula is C29H34N2O3. The van der Waals surface area contributed by atoms with E-state index in [1.165, 1.54) is 16.7 Å². The molecule has 0 fully saturated rings. The Kier molecular flexibility index (Phi) is 9.89. The van der Waals surface area contributed by atoms with Gasteiger partial charge in [-0.2, -0.15) is 0 Å². The molecule has 2 atom stereocenters. The van der Waals surface area contributed by atoms with E-state index in [9.17, 15) is 15.1 Å². The van der Waals surface area contributed by atoms with Crippen LogP contribution in [0, 0.1) is 5.92 Å². The molecule has 0 bridgehead atoms. The van der Waals surface area contributed by atoms with Crippen LogP contribution in [0.25, 0.3) is 11.1 Å². The number of benzene rings is 3. The number of hydrogen-bond donors (Lipinski definition) is 4. The normalized spacial score (nSPS) is 12.5. The van der Waals surface area contributed by atoms with Crippen LogP contribution in [0.4, 0.5) is 0 Å². The van der Waals surface area contributed by atoms with Crippen LogP contribution in [0.5, 0.6) is 0 Å². The van der Waals surface area contributed by atoms with Crippen LogP contribution in [0.15, 0.2) is 97.2 Å². The summed E-state index contributed by atoms with van der Waals surface area (Å²) in [6, 6.07) is 28.2. The number of hydroxylamine groups is 1. The Morgan fingerprint density at radius 2 is 1.47 bits per heavy atom. The number of nitrogens with one attached hydrogen (secondary N) is 2. The van der Waals surface area contributed by atoms with E-state index in [4.69, 9.17) is 0 Å². The topological polar surface area (TPSA) is 81.6 Å². The second kappa shape index (κ2) is 13.3. The molecule has 178 valence electrons. The Hall–Kier alpha value is -3.41. The van der Waals surface area contributed by atoms with E-state index in [2.05, 4.69) is 53.8 Å². The van der Waals surface area contributed by atoms with Crippen molar-refractivity contribution < 1.29 is 15.1 Å².